The van der Waals surface area contributed by atoms with Crippen LogP contribution in [0.4, 0.5) is 5.69 Å². The fourth-order valence-corrected chi connectivity index (χ4v) is 2.12. The first-order chi connectivity index (χ1) is 8.15. The van der Waals surface area contributed by atoms with E-state index in [1.54, 1.807) is 12.1 Å². The summed E-state index contributed by atoms with van der Waals surface area (Å²) in [6, 6.07) is 4.89. The van der Waals surface area contributed by atoms with E-state index in [-0.39, 0.29) is 5.69 Å². The van der Waals surface area contributed by atoms with E-state index < -0.39 is 4.92 Å². The fourth-order valence-electron chi connectivity index (χ4n) is 1.57. The number of aromatic nitrogens is 1. The van der Waals surface area contributed by atoms with Crippen molar-refractivity contribution in [2.75, 3.05) is 6.61 Å². The summed E-state index contributed by atoms with van der Waals surface area (Å²) < 4.78 is 6.04. The van der Waals surface area contributed by atoms with E-state index in [0.29, 0.717) is 27.7 Å². The lowest BCUT2D eigenvalue weighted by Crippen LogP contribution is -1.97. The highest BCUT2D eigenvalue weighted by Crippen LogP contribution is 2.37. The molecule has 2 rings (SSSR count). The second-order valence-corrected chi connectivity index (χ2v) is 4.09. The summed E-state index contributed by atoms with van der Waals surface area (Å²) in [5.41, 5.74) is 0.306. The Hall–Kier alpha value is -1.69. The maximum Gasteiger partial charge on any atom is 0.299 e. The molecule has 0 atom stereocenters. The van der Waals surface area contributed by atoms with Crippen LogP contribution in [0.2, 0.25) is 0 Å². The molecule has 0 saturated heterocycles. The van der Waals surface area contributed by atoms with Crippen molar-refractivity contribution < 1.29 is 9.66 Å². The van der Waals surface area contributed by atoms with Gasteiger partial charge in [0, 0.05) is 11.6 Å². The third-order valence-corrected chi connectivity index (χ3v) is 3.09. The summed E-state index contributed by atoms with van der Waals surface area (Å²) in [6.45, 7) is 2.27. The summed E-state index contributed by atoms with van der Waals surface area (Å²) in [6.07, 6.45) is 1.53. The topological polar surface area (TPSA) is 65.3 Å². The predicted molar refractivity (Wildman–Crippen MR) is 67.3 cm³/mol. The predicted octanol–water partition coefficient (Wildman–Crippen LogP) is 3.30. The van der Waals surface area contributed by atoms with Gasteiger partial charge in [-0.25, -0.2) is 4.98 Å². The highest BCUT2D eigenvalue weighted by atomic mass is 79.9. The maximum atomic E-state index is 11.0. The molecule has 0 aliphatic rings. The molecule has 0 saturated carbocycles. The van der Waals surface area contributed by atoms with Crippen LogP contribution in [0.1, 0.15) is 6.92 Å². The van der Waals surface area contributed by atoms with Gasteiger partial charge >= 0.3 is 0 Å². The quantitative estimate of drug-likeness (QED) is 0.644. The SMILES string of the molecule is CCOc1cc([N+](=O)[O-])c2ncccc2c1Br. The number of hydrogen-bond donors (Lipinski definition) is 0. The molecule has 6 heteroatoms. The van der Waals surface area contributed by atoms with Crippen molar-refractivity contribution in [3.05, 3.63) is 39.0 Å². The average molecular weight is 297 g/mol. The van der Waals surface area contributed by atoms with Crippen molar-refractivity contribution in [2.24, 2.45) is 0 Å². The zero-order valence-electron chi connectivity index (χ0n) is 9.01. The standard InChI is InChI=1S/C11H9BrN2O3/c1-2-17-9-6-8(14(15)16)11-7(10(9)12)4-3-5-13-11/h3-6H,2H2,1H3. The molecular formula is C11H9BrN2O3. The maximum absolute atomic E-state index is 11.0. The Labute approximate surface area is 106 Å². The van der Waals surface area contributed by atoms with E-state index in [9.17, 15) is 10.1 Å². The number of rotatable bonds is 3. The van der Waals surface area contributed by atoms with Crippen LogP contribution in [0.25, 0.3) is 10.9 Å². The molecule has 5 nitrogen and oxygen atoms in total. The Bertz CT molecular complexity index is 586. The van der Waals surface area contributed by atoms with Crippen molar-refractivity contribution in [3.8, 4) is 5.75 Å². The Kier molecular flexibility index (Phi) is 3.23. The largest absolute Gasteiger partial charge is 0.492 e. The van der Waals surface area contributed by atoms with Gasteiger partial charge in [-0.15, -0.1) is 0 Å². The molecule has 17 heavy (non-hydrogen) atoms. The number of halogens is 1. The highest BCUT2D eigenvalue weighted by molar-refractivity contribution is 9.10. The van der Waals surface area contributed by atoms with Crippen LogP contribution >= 0.6 is 15.9 Å². The summed E-state index contributed by atoms with van der Waals surface area (Å²) in [4.78, 5) is 14.6. The lowest BCUT2D eigenvalue weighted by Gasteiger charge is -2.08. The molecule has 0 bridgehead atoms. The van der Waals surface area contributed by atoms with Gasteiger partial charge in [0.05, 0.1) is 22.1 Å². The number of nitro groups is 1. The molecule has 0 fully saturated rings. The molecule has 0 aliphatic carbocycles. The minimum atomic E-state index is -0.454. The van der Waals surface area contributed by atoms with E-state index in [0.717, 1.165) is 0 Å². The summed E-state index contributed by atoms with van der Waals surface area (Å²) in [5, 5.41) is 11.6. The molecule has 88 valence electrons. The first-order valence-electron chi connectivity index (χ1n) is 4.99. The lowest BCUT2D eigenvalue weighted by atomic mass is 10.2. The molecule has 0 N–H and O–H groups in total. The Morgan fingerprint density at radius 1 is 1.59 bits per heavy atom. The Balaban J connectivity index is 2.79. The second kappa shape index (κ2) is 4.67. The molecule has 1 aromatic carbocycles. The fraction of sp³-hybridized carbons (Fsp3) is 0.182. The van der Waals surface area contributed by atoms with Crippen LogP contribution in [0.5, 0.6) is 5.75 Å². The van der Waals surface area contributed by atoms with Crippen LogP contribution in [0, 0.1) is 10.1 Å². The number of benzene rings is 1. The van der Waals surface area contributed by atoms with Gasteiger partial charge in [0.25, 0.3) is 5.69 Å². The molecule has 0 amide bonds. The smallest absolute Gasteiger partial charge is 0.299 e. The van der Waals surface area contributed by atoms with Crippen LogP contribution in [0.3, 0.4) is 0 Å². The molecule has 1 aromatic heterocycles. The van der Waals surface area contributed by atoms with Crippen molar-refractivity contribution in [1.29, 1.82) is 0 Å². The number of hydrogen-bond acceptors (Lipinski definition) is 4. The van der Waals surface area contributed by atoms with E-state index in [1.165, 1.54) is 12.3 Å². The van der Waals surface area contributed by atoms with Gasteiger partial charge in [-0.1, -0.05) is 0 Å². The van der Waals surface area contributed by atoms with Crippen LogP contribution in [0.15, 0.2) is 28.9 Å². The zero-order valence-corrected chi connectivity index (χ0v) is 10.6. The van der Waals surface area contributed by atoms with Crippen molar-refractivity contribution in [3.63, 3.8) is 0 Å². The van der Waals surface area contributed by atoms with E-state index >= 15 is 0 Å². The first kappa shape index (κ1) is 11.8. The molecule has 0 unspecified atom stereocenters. The number of nitrogens with zero attached hydrogens (tertiary/aromatic N) is 2. The van der Waals surface area contributed by atoms with E-state index in [1.807, 2.05) is 6.92 Å². The molecule has 0 aliphatic heterocycles. The van der Waals surface area contributed by atoms with Gasteiger partial charge in [-0.05, 0) is 35.0 Å². The van der Waals surface area contributed by atoms with E-state index in [4.69, 9.17) is 4.74 Å². The van der Waals surface area contributed by atoms with Gasteiger partial charge < -0.3 is 4.74 Å². The molecule has 2 aromatic rings. The van der Waals surface area contributed by atoms with Gasteiger partial charge in [-0.2, -0.15) is 0 Å². The highest BCUT2D eigenvalue weighted by Gasteiger charge is 2.19. The normalized spacial score (nSPS) is 10.5. The summed E-state index contributed by atoms with van der Waals surface area (Å²) in [7, 11) is 0. The molecule has 1 heterocycles. The summed E-state index contributed by atoms with van der Waals surface area (Å²) >= 11 is 3.38. The minimum absolute atomic E-state index is 0.0488. The van der Waals surface area contributed by atoms with Crippen molar-refractivity contribution in [1.82, 2.24) is 4.98 Å². The molecule has 0 spiro atoms. The third kappa shape index (κ3) is 2.08. The third-order valence-electron chi connectivity index (χ3n) is 2.27. The van der Waals surface area contributed by atoms with E-state index in [2.05, 4.69) is 20.9 Å². The molecular weight excluding hydrogens is 288 g/mol. The second-order valence-electron chi connectivity index (χ2n) is 3.30. The number of fused-ring (bicyclic) bond motifs is 1. The van der Waals surface area contributed by atoms with Gasteiger partial charge in [0.1, 0.15) is 11.3 Å². The number of nitro benzene ring substituents is 1. The Morgan fingerprint density at radius 3 is 3.00 bits per heavy atom. The Morgan fingerprint density at radius 2 is 2.35 bits per heavy atom. The number of ether oxygens (including phenoxy) is 1. The van der Waals surface area contributed by atoms with Crippen molar-refractivity contribution in [2.45, 2.75) is 6.92 Å². The lowest BCUT2D eigenvalue weighted by molar-refractivity contribution is -0.383. The zero-order chi connectivity index (χ0) is 12.4. The van der Waals surface area contributed by atoms with Gasteiger partial charge in [0.15, 0.2) is 0 Å². The number of non-ortho nitro benzene ring substituents is 1. The number of pyridine rings is 1. The van der Waals surface area contributed by atoms with Gasteiger partial charge in [-0.3, -0.25) is 10.1 Å². The van der Waals surface area contributed by atoms with Gasteiger partial charge in [0.2, 0.25) is 0 Å². The summed E-state index contributed by atoms with van der Waals surface area (Å²) in [5.74, 6) is 0.458. The van der Waals surface area contributed by atoms with Crippen LogP contribution in [-0.4, -0.2) is 16.5 Å². The minimum Gasteiger partial charge on any atom is -0.492 e. The van der Waals surface area contributed by atoms with Crippen LogP contribution in [-0.2, 0) is 0 Å². The van der Waals surface area contributed by atoms with Crippen LogP contribution < -0.4 is 4.74 Å². The van der Waals surface area contributed by atoms with Crippen molar-refractivity contribution >= 4 is 32.5 Å². The average Bonchev–Trinajstić information content (AvgIpc) is 2.32. The molecule has 0 radical (unpaired) electrons. The first-order valence-corrected chi connectivity index (χ1v) is 5.79. The monoisotopic (exact) mass is 296 g/mol.